The molecule has 0 saturated carbocycles. The fraction of sp³-hybridized carbons (Fsp3) is 0.469. The maximum Gasteiger partial charge on any atom is 0.468 e. The molecule has 79 heavy (non-hydrogen) atoms. The van der Waals surface area contributed by atoms with Gasteiger partial charge in [0, 0.05) is 61.4 Å². The van der Waals surface area contributed by atoms with E-state index >= 15 is 0 Å². The van der Waals surface area contributed by atoms with Crippen LogP contribution in [0.15, 0.2) is 84.9 Å². The Balaban J connectivity index is 0.00000159. The molecule has 0 fully saturated rings. The topological polar surface area (TPSA) is 97.4 Å². The van der Waals surface area contributed by atoms with E-state index in [4.69, 9.17) is 18.5 Å². The second-order valence-corrected chi connectivity index (χ2v) is 27.7. The van der Waals surface area contributed by atoms with Crippen LogP contribution in [0.25, 0.3) is 61.3 Å². The molecule has 0 aliphatic heterocycles. The van der Waals surface area contributed by atoms with Crippen LogP contribution in [-0.2, 0) is 39.8 Å². The smallest absolute Gasteiger partial charge is 0.468 e. The van der Waals surface area contributed by atoms with Gasteiger partial charge in [0.2, 0.25) is 0 Å². The summed E-state index contributed by atoms with van der Waals surface area (Å²) < 4.78 is 62.4. The molecule has 426 valence electrons. The third-order valence-electron chi connectivity index (χ3n) is 13.1. The summed E-state index contributed by atoms with van der Waals surface area (Å²) in [6.45, 7) is 18.8. The quantitative estimate of drug-likeness (QED) is 0.0228. The lowest BCUT2D eigenvalue weighted by Gasteiger charge is -2.20. The maximum absolute atomic E-state index is 14.4. The Hall–Kier alpha value is -3.89. The largest absolute Gasteiger partial charge is 0.493 e. The Morgan fingerprint density at radius 3 is 1.39 bits per heavy atom. The van der Waals surface area contributed by atoms with Crippen LogP contribution in [0.3, 0.4) is 0 Å². The normalized spacial score (nSPS) is 11.3. The molecule has 0 aliphatic rings. The van der Waals surface area contributed by atoms with E-state index in [9.17, 15) is 13.7 Å². The Morgan fingerprint density at radius 2 is 0.911 bits per heavy atom. The summed E-state index contributed by atoms with van der Waals surface area (Å²) in [5.74, 6) is 8.69. The molecule has 7 rings (SSSR count). The highest BCUT2D eigenvalue weighted by Crippen LogP contribution is 2.54. The van der Waals surface area contributed by atoms with E-state index in [0.29, 0.717) is 26.4 Å². The molecule has 0 amide bonds. The van der Waals surface area contributed by atoms with Crippen molar-refractivity contribution in [2.45, 2.75) is 164 Å². The van der Waals surface area contributed by atoms with Crippen molar-refractivity contribution >= 4 is 72.2 Å². The minimum absolute atomic E-state index is 0.191. The van der Waals surface area contributed by atoms with Gasteiger partial charge in [0.05, 0.1) is 44.1 Å². The molecule has 15 heteroatoms. The van der Waals surface area contributed by atoms with Crippen molar-refractivity contribution in [1.29, 1.82) is 0 Å². The third-order valence-corrected chi connectivity index (χ3v) is 21.4. The van der Waals surface area contributed by atoms with Crippen LogP contribution >= 0.6 is 72.2 Å². The Labute approximate surface area is 493 Å². The number of ether oxygens (including phenoxy) is 2. The molecule has 7 aromatic rings. The molecular formula is C64H82O8P2S5. The van der Waals surface area contributed by atoms with Gasteiger partial charge in [-0.15, -0.1) is 56.7 Å². The standard InChI is InChI=1S/C62H77O5PS5.C2H5O3P/c1-8-14-17-20-21-22-23-24-27-48-29-31-59(70-48)60-35-33-56(72-60)50-40-46(11-4)49(41-47(50)44-68(63,66-12-5)67-13-6)55-32-36-61(71-55)62-37-34-58(73-62)52-43-53(64-38-25-18-15-9-2)51(57-30-28-45(7)69-57)42-54(52)65-39-26-19-16-10-3;1-2-5-6(3)4/h28-37,40-43H,8-23,25-26,38-39,44H2,1-7H3;2H2,1H3. The molecule has 0 spiro atoms. The summed E-state index contributed by atoms with van der Waals surface area (Å²) in [4.78, 5) is 11.9. The van der Waals surface area contributed by atoms with Gasteiger partial charge in [0.25, 0.3) is 0 Å². The van der Waals surface area contributed by atoms with Crippen LogP contribution < -0.4 is 9.47 Å². The van der Waals surface area contributed by atoms with Crippen LogP contribution in [0.5, 0.6) is 11.5 Å². The monoisotopic (exact) mass is 1200 g/mol. The van der Waals surface area contributed by atoms with Gasteiger partial charge < -0.3 is 18.5 Å². The Morgan fingerprint density at radius 1 is 0.468 bits per heavy atom. The lowest BCUT2D eigenvalue weighted by Crippen LogP contribution is -2.02. The summed E-state index contributed by atoms with van der Waals surface area (Å²) in [5, 5.41) is 0. The minimum atomic E-state index is -3.44. The van der Waals surface area contributed by atoms with Gasteiger partial charge in [0.15, 0.2) is 0 Å². The van der Waals surface area contributed by atoms with E-state index in [-0.39, 0.29) is 12.8 Å². The predicted molar refractivity (Wildman–Crippen MR) is 341 cm³/mol. The number of thiophene rings is 5. The number of benzene rings is 2. The van der Waals surface area contributed by atoms with Crippen molar-refractivity contribution in [3.63, 3.8) is 0 Å². The van der Waals surface area contributed by atoms with Crippen LogP contribution in [0.4, 0.5) is 0 Å². The molecule has 8 nitrogen and oxygen atoms in total. The minimum Gasteiger partial charge on any atom is -0.493 e. The van der Waals surface area contributed by atoms with Gasteiger partial charge in [-0.2, -0.15) is 0 Å². The fourth-order valence-electron chi connectivity index (χ4n) is 9.12. The number of hydrogen-bond donors (Lipinski definition) is 0. The molecule has 0 atom stereocenters. The maximum atomic E-state index is 14.4. The zero-order valence-corrected chi connectivity index (χ0v) is 53.7. The van der Waals surface area contributed by atoms with Gasteiger partial charge >= 0.3 is 15.5 Å². The van der Waals surface area contributed by atoms with Crippen LogP contribution in [-0.4, -0.2) is 33.0 Å². The molecule has 2 aromatic carbocycles. The first-order chi connectivity index (χ1) is 38.5. The second kappa shape index (κ2) is 34.5. The van der Waals surface area contributed by atoms with Gasteiger partial charge in [-0.25, -0.2) is 9.13 Å². The van der Waals surface area contributed by atoms with E-state index in [1.165, 1.54) is 110 Å². The molecular weight excluding hydrogens is 1120 g/mol. The van der Waals surface area contributed by atoms with E-state index in [2.05, 4.69) is 136 Å². The van der Waals surface area contributed by atoms with Crippen molar-refractivity contribution in [3.05, 3.63) is 106 Å². The highest BCUT2D eigenvalue weighted by molar-refractivity contribution is 7.53. The van der Waals surface area contributed by atoms with Crippen molar-refractivity contribution in [3.8, 4) is 84.6 Å². The fourth-order valence-corrected chi connectivity index (χ4v) is 16.1. The van der Waals surface area contributed by atoms with Crippen molar-refractivity contribution in [2.24, 2.45) is 0 Å². The molecule has 0 N–H and O–H groups in total. The summed E-state index contributed by atoms with van der Waals surface area (Å²) in [7, 11) is -6.04. The van der Waals surface area contributed by atoms with Gasteiger partial charge in [-0.3, -0.25) is 9.09 Å². The van der Waals surface area contributed by atoms with Gasteiger partial charge in [-0.1, -0.05) is 110 Å². The first-order valence-electron chi connectivity index (χ1n) is 28.7. The van der Waals surface area contributed by atoms with Crippen molar-refractivity contribution < 1.29 is 36.7 Å². The van der Waals surface area contributed by atoms with E-state index in [0.717, 1.165) is 86.1 Å². The summed E-state index contributed by atoms with van der Waals surface area (Å²) in [6, 6.07) is 31.3. The third kappa shape index (κ3) is 19.9. The molecule has 0 saturated heterocycles. The van der Waals surface area contributed by atoms with Crippen molar-refractivity contribution in [2.75, 3.05) is 33.0 Å². The first-order valence-corrected chi connectivity index (χ1v) is 35.6. The van der Waals surface area contributed by atoms with E-state index < -0.39 is 15.5 Å². The zero-order chi connectivity index (χ0) is 56.4. The van der Waals surface area contributed by atoms with Crippen LogP contribution in [0.1, 0.15) is 166 Å². The highest BCUT2D eigenvalue weighted by Gasteiger charge is 2.28. The van der Waals surface area contributed by atoms with Crippen LogP contribution in [0, 0.1) is 18.8 Å². The Kier molecular flexibility index (Phi) is 28.1. The highest BCUT2D eigenvalue weighted by atomic mass is 32.1. The van der Waals surface area contributed by atoms with Gasteiger partial charge in [-0.05, 0) is 161 Å². The molecule has 0 bridgehead atoms. The molecule has 0 unspecified atom stereocenters. The second-order valence-electron chi connectivity index (χ2n) is 19.3. The lowest BCUT2D eigenvalue weighted by molar-refractivity contribution is 0.219. The first kappa shape index (κ1) is 64.3. The molecule has 5 heterocycles. The van der Waals surface area contributed by atoms with E-state index in [1.807, 2.05) is 25.2 Å². The molecule has 0 aliphatic carbocycles. The summed E-state index contributed by atoms with van der Waals surface area (Å²) in [5.41, 5.74) is 6.64. The average Bonchev–Trinajstić information content (AvgIpc) is 4.37. The molecule has 5 aromatic heterocycles. The Bertz CT molecular complexity index is 3110. The van der Waals surface area contributed by atoms with E-state index in [1.54, 1.807) is 52.3 Å². The number of hydrogen-bond acceptors (Lipinski definition) is 13. The number of unbranched alkanes of at least 4 members (excludes halogenated alkanes) is 12. The molecule has 0 radical (unpaired) electrons. The number of rotatable bonds is 33. The van der Waals surface area contributed by atoms with Gasteiger partial charge in [0.1, 0.15) is 11.5 Å². The SMILES string of the molecule is CCCCCCCCC#Cc1ccc(-c2ccc(-c3cc(CC)c(-c4ccc(-c5ccc(-c6cc(OCCCCCC)c(-c7ccc(C)s7)cc6OCCCCCC)s5)s4)cc3CP(=O)(OCC)OCC)s2)s1.CCOP(=O)=O. The zero-order valence-electron chi connectivity index (χ0n) is 47.8. The predicted octanol–water partition coefficient (Wildman–Crippen LogP) is 22.8. The lowest BCUT2D eigenvalue weighted by atomic mass is 9.95. The average molecular weight is 1200 g/mol. The number of aryl methyl sites for hydroxylation is 2. The summed E-state index contributed by atoms with van der Waals surface area (Å²) in [6.07, 6.45) is 18.9. The summed E-state index contributed by atoms with van der Waals surface area (Å²) >= 11 is 8.95. The van der Waals surface area contributed by atoms with Crippen molar-refractivity contribution in [1.82, 2.24) is 0 Å². The van der Waals surface area contributed by atoms with Crippen LogP contribution in [0.2, 0.25) is 0 Å².